The van der Waals surface area contributed by atoms with Crippen LogP contribution in [0.15, 0.2) is 42.5 Å². The van der Waals surface area contributed by atoms with Gasteiger partial charge in [0.1, 0.15) is 5.82 Å². The van der Waals surface area contributed by atoms with Crippen molar-refractivity contribution in [2.45, 2.75) is 6.42 Å². The van der Waals surface area contributed by atoms with E-state index in [4.69, 9.17) is 28.3 Å². The standard InChI is InChI=1S/C17H12Cl2IN3/c18-11-7-12(19)9-14(8-11)23-17-15(5-6-21-17)16(22-23)10-1-3-13(20)4-2-10/h1-4,7-9,21H,5-6H2. The van der Waals surface area contributed by atoms with Gasteiger partial charge >= 0.3 is 0 Å². The van der Waals surface area contributed by atoms with Crippen molar-refractivity contribution in [3.8, 4) is 16.9 Å². The minimum absolute atomic E-state index is 0.602. The molecule has 0 unspecified atom stereocenters. The molecule has 0 fully saturated rings. The zero-order valence-corrected chi connectivity index (χ0v) is 15.7. The highest BCUT2D eigenvalue weighted by molar-refractivity contribution is 14.1. The third kappa shape index (κ3) is 2.84. The van der Waals surface area contributed by atoms with E-state index >= 15 is 0 Å². The van der Waals surface area contributed by atoms with E-state index in [0.29, 0.717) is 10.0 Å². The lowest BCUT2D eigenvalue weighted by Crippen LogP contribution is -2.04. The molecular formula is C17H12Cl2IN3. The molecule has 1 aromatic heterocycles. The van der Waals surface area contributed by atoms with Crippen molar-refractivity contribution in [3.63, 3.8) is 0 Å². The second-order valence-corrected chi connectivity index (χ2v) is 7.52. The lowest BCUT2D eigenvalue weighted by Gasteiger charge is -2.07. The highest BCUT2D eigenvalue weighted by Crippen LogP contribution is 2.35. The maximum Gasteiger partial charge on any atom is 0.133 e. The summed E-state index contributed by atoms with van der Waals surface area (Å²) in [6.45, 7) is 0.916. The molecule has 0 bridgehead atoms. The number of nitrogens with zero attached hydrogens (tertiary/aromatic N) is 2. The number of halogens is 3. The van der Waals surface area contributed by atoms with Gasteiger partial charge in [0.15, 0.2) is 0 Å². The quantitative estimate of drug-likeness (QED) is 0.523. The first kappa shape index (κ1) is 15.3. The van der Waals surface area contributed by atoms with Gasteiger partial charge in [0.05, 0.1) is 11.4 Å². The van der Waals surface area contributed by atoms with E-state index in [1.807, 2.05) is 16.8 Å². The topological polar surface area (TPSA) is 29.9 Å². The van der Waals surface area contributed by atoms with Gasteiger partial charge in [-0.2, -0.15) is 5.10 Å². The second-order valence-electron chi connectivity index (χ2n) is 5.40. The van der Waals surface area contributed by atoms with Gasteiger partial charge < -0.3 is 5.32 Å². The Morgan fingerprint density at radius 3 is 2.43 bits per heavy atom. The van der Waals surface area contributed by atoms with Crippen LogP contribution >= 0.6 is 45.8 Å². The minimum Gasteiger partial charge on any atom is -0.369 e. The van der Waals surface area contributed by atoms with Gasteiger partial charge in [-0.3, -0.25) is 0 Å². The van der Waals surface area contributed by atoms with Gasteiger partial charge in [0.25, 0.3) is 0 Å². The first-order chi connectivity index (χ1) is 11.1. The maximum absolute atomic E-state index is 6.15. The third-order valence-electron chi connectivity index (χ3n) is 3.86. The molecule has 2 aromatic carbocycles. The molecule has 0 radical (unpaired) electrons. The number of hydrogen-bond donors (Lipinski definition) is 1. The second kappa shape index (κ2) is 6.00. The van der Waals surface area contributed by atoms with Crippen LogP contribution in [0.1, 0.15) is 5.56 Å². The predicted octanol–water partition coefficient (Wildman–Crippen LogP) is 5.42. The van der Waals surface area contributed by atoms with Crippen molar-refractivity contribution in [2.75, 3.05) is 11.9 Å². The van der Waals surface area contributed by atoms with Crippen LogP contribution in [0.3, 0.4) is 0 Å². The van der Waals surface area contributed by atoms with Crippen molar-refractivity contribution >= 4 is 51.6 Å². The molecule has 0 saturated carbocycles. The van der Waals surface area contributed by atoms with Crippen LogP contribution in [0, 0.1) is 3.57 Å². The third-order valence-corrected chi connectivity index (χ3v) is 5.02. The summed E-state index contributed by atoms with van der Waals surface area (Å²) in [6, 6.07) is 13.9. The Hall–Kier alpha value is -1.24. The van der Waals surface area contributed by atoms with E-state index < -0.39 is 0 Å². The largest absolute Gasteiger partial charge is 0.369 e. The molecule has 23 heavy (non-hydrogen) atoms. The molecule has 116 valence electrons. The SMILES string of the molecule is Clc1cc(Cl)cc(-n2nc(-c3ccc(I)cc3)c3c2NCC3)c1. The van der Waals surface area contributed by atoms with Gasteiger partial charge in [-0.1, -0.05) is 35.3 Å². The Kier molecular flexibility index (Phi) is 3.99. The van der Waals surface area contributed by atoms with Gasteiger partial charge in [-0.15, -0.1) is 0 Å². The Balaban J connectivity index is 1.89. The normalized spacial score (nSPS) is 13.0. The van der Waals surface area contributed by atoms with Gasteiger partial charge in [0.2, 0.25) is 0 Å². The smallest absolute Gasteiger partial charge is 0.133 e. The van der Waals surface area contributed by atoms with Gasteiger partial charge in [0, 0.05) is 31.3 Å². The summed E-state index contributed by atoms with van der Waals surface area (Å²) in [7, 11) is 0. The number of nitrogens with one attached hydrogen (secondary N) is 1. The van der Waals surface area contributed by atoms with Crippen molar-refractivity contribution in [1.29, 1.82) is 0 Å². The number of aromatic nitrogens is 2. The molecule has 1 aliphatic rings. The summed E-state index contributed by atoms with van der Waals surface area (Å²) in [5.41, 5.74) is 4.24. The first-order valence-corrected chi connectivity index (χ1v) is 9.03. The number of fused-ring (bicyclic) bond motifs is 1. The van der Waals surface area contributed by atoms with Crippen LogP contribution in [0.2, 0.25) is 10.0 Å². The van der Waals surface area contributed by atoms with Crippen molar-refractivity contribution < 1.29 is 0 Å². The highest BCUT2D eigenvalue weighted by atomic mass is 127. The molecule has 0 atom stereocenters. The molecule has 0 spiro atoms. The molecule has 6 heteroatoms. The van der Waals surface area contributed by atoms with Crippen LogP contribution in [0.5, 0.6) is 0 Å². The summed E-state index contributed by atoms with van der Waals surface area (Å²) < 4.78 is 3.11. The average Bonchev–Trinajstić information content (AvgIpc) is 3.09. The number of hydrogen-bond acceptors (Lipinski definition) is 2. The monoisotopic (exact) mass is 455 g/mol. The molecule has 3 nitrogen and oxygen atoms in total. The number of benzene rings is 2. The zero-order chi connectivity index (χ0) is 16.0. The lowest BCUT2D eigenvalue weighted by atomic mass is 10.1. The van der Waals surface area contributed by atoms with Gasteiger partial charge in [-0.25, -0.2) is 4.68 Å². The van der Waals surface area contributed by atoms with Crippen molar-refractivity contribution in [2.24, 2.45) is 0 Å². The van der Waals surface area contributed by atoms with E-state index in [-0.39, 0.29) is 0 Å². The fourth-order valence-corrected chi connectivity index (χ4v) is 3.74. The van der Waals surface area contributed by atoms with E-state index in [0.717, 1.165) is 35.7 Å². The summed E-state index contributed by atoms with van der Waals surface area (Å²) in [6.07, 6.45) is 0.963. The minimum atomic E-state index is 0.602. The molecule has 2 heterocycles. The molecule has 0 aliphatic carbocycles. The average molecular weight is 456 g/mol. The molecule has 1 aliphatic heterocycles. The van der Waals surface area contributed by atoms with Crippen molar-refractivity contribution in [3.05, 3.63) is 61.6 Å². The fraction of sp³-hybridized carbons (Fsp3) is 0.118. The summed E-state index contributed by atoms with van der Waals surface area (Å²) in [4.78, 5) is 0. The Bertz CT molecular complexity index is 867. The number of rotatable bonds is 2. The zero-order valence-electron chi connectivity index (χ0n) is 12.0. The molecule has 0 amide bonds. The van der Waals surface area contributed by atoms with E-state index in [9.17, 15) is 0 Å². The fourth-order valence-electron chi connectivity index (χ4n) is 2.86. The van der Waals surface area contributed by atoms with E-state index in [2.05, 4.69) is 52.2 Å². The number of anilines is 1. The molecule has 3 aromatic rings. The summed E-state index contributed by atoms with van der Waals surface area (Å²) in [5.74, 6) is 1.02. The molecule has 1 N–H and O–H groups in total. The Morgan fingerprint density at radius 2 is 1.74 bits per heavy atom. The maximum atomic E-state index is 6.15. The molecule has 0 saturated heterocycles. The van der Waals surface area contributed by atoms with E-state index in [1.54, 1.807) is 6.07 Å². The summed E-state index contributed by atoms with van der Waals surface area (Å²) in [5, 5.41) is 9.44. The first-order valence-electron chi connectivity index (χ1n) is 7.20. The predicted molar refractivity (Wildman–Crippen MR) is 104 cm³/mol. The van der Waals surface area contributed by atoms with Crippen LogP contribution in [0.25, 0.3) is 16.9 Å². The van der Waals surface area contributed by atoms with Crippen LogP contribution in [0.4, 0.5) is 5.82 Å². The van der Waals surface area contributed by atoms with Crippen LogP contribution in [-0.2, 0) is 6.42 Å². The summed E-state index contributed by atoms with van der Waals surface area (Å²) >= 11 is 14.6. The molecular weight excluding hydrogens is 444 g/mol. The Morgan fingerprint density at radius 1 is 1.04 bits per heavy atom. The van der Waals surface area contributed by atoms with Crippen LogP contribution < -0.4 is 5.32 Å². The lowest BCUT2D eigenvalue weighted by molar-refractivity contribution is 0.882. The van der Waals surface area contributed by atoms with E-state index in [1.165, 1.54) is 9.13 Å². The van der Waals surface area contributed by atoms with Gasteiger partial charge in [-0.05, 0) is 59.3 Å². The van der Waals surface area contributed by atoms with Crippen molar-refractivity contribution in [1.82, 2.24) is 9.78 Å². The van der Waals surface area contributed by atoms with Crippen LogP contribution in [-0.4, -0.2) is 16.3 Å². The Labute approximate surface area is 157 Å². The highest BCUT2D eigenvalue weighted by Gasteiger charge is 2.24. The molecule has 4 rings (SSSR count).